The van der Waals surface area contributed by atoms with Crippen LogP contribution >= 0.6 is 0 Å². The molecule has 2 aromatic carbocycles. The Hall–Kier alpha value is -4.14. The Kier molecular flexibility index (Phi) is 5.17. The monoisotopic (exact) mass is 405 g/mol. The van der Waals surface area contributed by atoms with Gasteiger partial charge in [-0.1, -0.05) is 35.0 Å². The second-order valence-corrected chi connectivity index (χ2v) is 6.47. The number of anilines is 1. The van der Waals surface area contributed by atoms with Gasteiger partial charge in [0.25, 0.3) is 5.91 Å². The molecule has 2 aromatic heterocycles. The third-order valence-corrected chi connectivity index (χ3v) is 4.46. The standard InChI is InChI=1S/C21H19N5O4/c1-12-4-6-13(7-5-12)16-11-18(30-26-16)20(27)23-21-22-19(24-25-21)15-9-8-14(28-2)10-17(15)29-3/h4-11H,1-3H3,(H2,22,23,24,25,27). The van der Waals surface area contributed by atoms with Crippen molar-refractivity contribution in [1.29, 1.82) is 0 Å². The summed E-state index contributed by atoms with van der Waals surface area (Å²) in [4.78, 5) is 16.8. The van der Waals surface area contributed by atoms with E-state index in [0.29, 0.717) is 28.6 Å². The Labute approximate surface area is 172 Å². The number of hydrogen-bond acceptors (Lipinski definition) is 7. The molecule has 0 aliphatic carbocycles. The molecule has 0 unspecified atom stereocenters. The summed E-state index contributed by atoms with van der Waals surface area (Å²) in [6.45, 7) is 2.00. The predicted molar refractivity (Wildman–Crippen MR) is 110 cm³/mol. The minimum absolute atomic E-state index is 0.0546. The van der Waals surface area contributed by atoms with Crippen molar-refractivity contribution in [3.8, 4) is 34.1 Å². The molecule has 1 amide bonds. The number of nitrogens with one attached hydrogen (secondary N) is 2. The number of aromatic amines is 1. The number of methoxy groups -OCH3 is 2. The summed E-state index contributed by atoms with van der Waals surface area (Å²) in [6.07, 6.45) is 0. The second kappa shape index (κ2) is 8.08. The summed E-state index contributed by atoms with van der Waals surface area (Å²) in [5.41, 5.74) is 3.23. The zero-order valence-corrected chi connectivity index (χ0v) is 16.6. The van der Waals surface area contributed by atoms with Gasteiger partial charge in [-0.3, -0.25) is 15.2 Å². The van der Waals surface area contributed by atoms with Crippen LogP contribution in [-0.2, 0) is 0 Å². The van der Waals surface area contributed by atoms with Crippen molar-refractivity contribution in [2.75, 3.05) is 19.5 Å². The minimum Gasteiger partial charge on any atom is -0.497 e. The van der Waals surface area contributed by atoms with Gasteiger partial charge >= 0.3 is 0 Å². The van der Waals surface area contributed by atoms with Crippen LogP contribution in [0.15, 0.2) is 53.1 Å². The van der Waals surface area contributed by atoms with Crippen LogP contribution in [0, 0.1) is 6.92 Å². The van der Waals surface area contributed by atoms with E-state index in [1.807, 2.05) is 31.2 Å². The van der Waals surface area contributed by atoms with Gasteiger partial charge in [0, 0.05) is 17.7 Å². The number of carbonyl (C=O) groups excluding carboxylic acids is 1. The van der Waals surface area contributed by atoms with Crippen LogP contribution < -0.4 is 14.8 Å². The first-order valence-electron chi connectivity index (χ1n) is 9.07. The van der Waals surface area contributed by atoms with Crippen LogP contribution in [0.25, 0.3) is 22.6 Å². The van der Waals surface area contributed by atoms with Crippen molar-refractivity contribution in [1.82, 2.24) is 20.3 Å². The number of benzene rings is 2. The lowest BCUT2D eigenvalue weighted by Crippen LogP contribution is -2.12. The molecular formula is C21H19N5O4. The lowest BCUT2D eigenvalue weighted by molar-refractivity contribution is 0.0987. The number of ether oxygens (including phenoxy) is 2. The van der Waals surface area contributed by atoms with Crippen LogP contribution in [0.5, 0.6) is 11.5 Å². The van der Waals surface area contributed by atoms with E-state index in [1.165, 1.54) is 0 Å². The van der Waals surface area contributed by atoms with E-state index in [2.05, 4.69) is 25.7 Å². The van der Waals surface area contributed by atoms with Gasteiger partial charge in [-0.05, 0) is 19.1 Å². The zero-order chi connectivity index (χ0) is 21.1. The summed E-state index contributed by atoms with van der Waals surface area (Å²) < 4.78 is 15.7. The molecule has 0 saturated carbocycles. The van der Waals surface area contributed by atoms with Crippen molar-refractivity contribution < 1.29 is 18.8 Å². The van der Waals surface area contributed by atoms with E-state index < -0.39 is 5.91 Å². The summed E-state index contributed by atoms with van der Waals surface area (Å²) in [7, 11) is 3.12. The second-order valence-electron chi connectivity index (χ2n) is 6.47. The Bertz CT molecular complexity index is 1180. The first kappa shape index (κ1) is 19.2. The van der Waals surface area contributed by atoms with Crippen LogP contribution in [0.4, 0.5) is 5.95 Å². The lowest BCUT2D eigenvalue weighted by Gasteiger charge is -2.07. The molecule has 0 saturated heterocycles. The normalized spacial score (nSPS) is 10.6. The van der Waals surface area contributed by atoms with Gasteiger partial charge in [0.1, 0.15) is 17.2 Å². The molecule has 0 radical (unpaired) electrons. The number of aryl methyl sites for hydroxylation is 1. The summed E-state index contributed by atoms with van der Waals surface area (Å²) in [5.74, 6) is 1.29. The Morgan fingerprint density at radius 3 is 2.60 bits per heavy atom. The number of H-pyrrole nitrogens is 1. The van der Waals surface area contributed by atoms with Gasteiger partial charge in [0.05, 0.1) is 19.8 Å². The Balaban J connectivity index is 1.50. The van der Waals surface area contributed by atoms with E-state index in [0.717, 1.165) is 11.1 Å². The average Bonchev–Trinajstić information content (AvgIpc) is 3.44. The molecule has 9 heteroatoms. The molecule has 0 aliphatic rings. The SMILES string of the molecule is COc1ccc(-c2nc(NC(=O)c3cc(-c4ccc(C)cc4)no3)n[nH]2)c(OC)c1. The summed E-state index contributed by atoms with van der Waals surface area (Å²) in [6, 6.07) is 14.6. The number of hydrogen-bond donors (Lipinski definition) is 2. The molecule has 0 aliphatic heterocycles. The number of amides is 1. The molecule has 9 nitrogen and oxygen atoms in total. The summed E-state index contributed by atoms with van der Waals surface area (Å²) >= 11 is 0. The fourth-order valence-corrected chi connectivity index (χ4v) is 2.84. The Morgan fingerprint density at radius 2 is 1.87 bits per heavy atom. The lowest BCUT2D eigenvalue weighted by atomic mass is 10.1. The van der Waals surface area contributed by atoms with E-state index in [-0.39, 0.29) is 11.7 Å². The van der Waals surface area contributed by atoms with Gasteiger partial charge in [-0.15, -0.1) is 5.10 Å². The Morgan fingerprint density at radius 1 is 1.07 bits per heavy atom. The largest absolute Gasteiger partial charge is 0.497 e. The van der Waals surface area contributed by atoms with Gasteiger partial charge < -0.3 is 14.0 Å². The van der Waals surface area contributed by atoms with E-state index in [9.17, 15) is 4.79 Å². The van der Waals surface area contributed by atoms with Crippen molar-refractivity contribution in [2.24, 2.45) is 0 Å². The molecule has 152 valence electrons. The highest BCUT2D eigenvalue weighted by molar-refractivity contribution is 6.01. The van der Waals surface area contributed by atoms with Crippen LogP contribution in [0.3, 0.4) is 0 Å². The van der Waals surface area contributed by atoms with E-state index in [4.69, 9.17) is 14.0 Å². The first-order chi connectivity index (χ1) is 14.6. The number of carbonyl (C=O) groups is 1. The van der Waals surface area contributed by atoms with Crippen LogP contribution in [0.2, 0.25) is 0 Å². The maximum absolute atomic E-state index is 12.5. The van der Waals surface area contributed by atoms with Crippen LogP contribution in [0.1, 0.15) is 16.1 Å². The third kappa shape index (κ3) is 3.86. The highest BCUT2D eigenvalue weighted by Gasteiger charge is 2.18. The molecule has 4 aromatic rings. The fourth-order valence-electron chi connectivity index (χ4n) is 2.84. The topological polar surface area (TPSA) is 115 Å². The van der Waals surface area contributed by atoms with Crippen LogP contribution in [-0.4, -0.2) is 40.5 Å². The minimum atomic E-state index is -0.506. The van der Waals surface area contributed by atoms with Gasteiger partial charge in [0.15, 0.2) is 5.82 Å². The fraction of sp³-hybridized carbons (Fsp3) is 0.143. The molecule has 2 N–H and O–H groups in total. The number of aromatic nitrogens is 4. The quantitative estimate of drug-likeness (QED) is 0.502. The average molecular weight is 405 g/mol. The molecule has 0 fully saturated rings. The molecule has 0 bridgehead atoms. The smallest absolute Gasteiger partial charge is 0.296 e. The molecular weight excluding hydrogens is 386 g/mol. The predicted octanol–water partition coefficient (Wildman–Crippen LogP) is 3.70. The number of nitrogens with zero attached hydrogens (tertiary/aromatic N) is 3. The maximum Gasteiger partial charge on any atom is 0.296 e. The van der Waals surface area contributed by atoms with Crippen molar-refractivity contribution >= 4 is 11.9 Å². The van der Waals surface area contributed by atoms with Crippen molar-refractivity contribution in [3.05, 3.63) is 59.9 Å². The van der Waals surface area contributed by atoms with E-state index >= 15 is 0 Å². The summed E-state index contributed by atoms with van der Waals surface area (Å²) in [5, 5.41) is 13.4. The number of rotatable bonds is 6. The highest BCUT2D eigenvalue weighted by atomic mass is 16.5. The van der Waals surface area contributed by atoms with Crippen molar-refractivity contribution in [3.63, 3.8) is 0 Å². The molecule has 30 heavy (non-hydrogen) atoms. The molecule has 0 atom stereocenters. The van der Waals surface area contributed by atoms with E-state index in [1.54, 1.807) is 38.5 Å². The van der Waals surface area contributed by atoms with Crippen molar-refractivity contribution in [2.45, 2.75) is 6.92 Å². The maximum atomic E-state index is 12.5. The van der Waals surface area contributed by atoms with Gasteiger partial charge in [-0.2, -0.15) is 4.98 Å². The zero-order valence-electron chi connectivity index (χ0n) is 16.6. The molecule has 0 spiro atoms. The third-order valence-electron chi connectivity index (χ3n) is 4.46. The van der Waals surface area contributed by atoms with Gasteiger partial charge in [-0.25, -0.2) is 0 Å². The molecule has 4 rings (SSSR count). The van der Waals surface area contributed by atoms with Gasteiger partial charge in [0.2, 0.25) is 11.7 Å². The molecule has 2 heterocycles. The highest BCUT2D eigenvalue weighted by Crippen LogP contribution is 2.31. The first-order valence-corrected chi connectivity index (χ1v) is 9.07.